The molecule has 0 saturated carbocycles. The summed E-state index contributed by atoms with van der Waals surface area (Å²) < 4.78 is 1.88. The molecule has 2 N–H and O–H groups in total. The number of aryl methyl sites for hydroxylation is 2. The number of hydrogen-bond acceptors (Lipinski definition) is 2. The van der Waals surface area contributed by atoms with Crippen LogP contribution in [0.1, 0.15) is 43.6 Å². The lowest BCUT2D eigenvalue weighted by Gasteiger charge is -2.10. The molecule has 0 bridgehead atoms. The zero-order valence-corrected chi connectivity index (χ0v) is 8.75. The average molecular weight is 181 g/mol. The largest absolute Gasteiger partial charge is 0.323 e. The van der Waals surface area contributed by atoms with Gasteiger partial charge in [-0.3, -0.25) is 4.68 Å². The average Bonchev–Trinajstić information content (AvgIpc) is 2.41. The van der Waals surface area contributed by atoms with Crippen LogP contribution in [-0.4, -0.2) is 9.78 Å². The van der Waals surface area contributed by atoms with Gasteiger partial charge in [0.2, 0.25) is 0 Å². The molecular weight excluding hydrogens is 162 g/mol. The first kappa shape index (κ1) is 10.3. The Balaban J connectivity index is 2.64. The van der Waals surface area contributed by atoms with E-state index in [9.17, 15) is 0 Å². The molecule has 1 aromatic heterocycles. The van der Waals surface area contributed by atoms with Gasteiger partial charge in [-0.2, -0.15) is 5.10 Å². The number of aromatic nitrogens is 2. The maximum atomic E-state index is 6.03. The lowest BCUT2D eigenvalue weighted by molar-refractivity contribution is 0.555. The summed E-state index contributed by atoms with van der Waals surface area (Å²) in [6, 6.07) is 2.21. The Morgan fingerprint density at radius 3 is 2.77 bits per heavy atom. The number of nitrogens with zero attached hydrogens (tertiary/aromatic N) is 2. The van der Waals surface area contributed by atoms with E-state index in [2.05, 4.69) is 18.1 Å². The quantitative estimate of drug-likeness (QED) is 0.771. The van der Waals surface area contributed by atoms with Gasteiger partial charge in [-0.15, -0.1) is 0 Å². The van der Waals surface area contributed by atoms with E-state index in [4.69, 9.17) is 5.73 Å². The molecule has 0 aliphatic rings. The van der Waals surface area contributed by atoms with Crippen molar-refractivity contribution < 1.29 is 0 Å². The van der Waals surface area contributed by atoms with Gasteiger partial charge in [-0.05, 0) is 19.4 Å². The Kier molecular flexibility index (Phi) is 3.48. The number of nitrogens with two attached hydrogens (primary N) is 1. The Labute approximate surface area is 79.9 Å². The van der Waals surface area contributed by atoms with Crippen LogP contribution >= 0.6 is 0 Å². The SMILES string of the molecule is CCCCC(N)c1cc(C)nn1C. The van der Waals surface area contributed by atoms with Crippen LogP contribution in [0.2, 0.25) is 0 Å². The van der Waals surface area contributed by atoms with Crippen molar-refractivity contribution in [1.82, 2.24) is 9.78 Å². The summed E-state index contributed by atoms with van der Waals surface area (Å²) in [5, 5.41) is 4.28. The Hall–Kier alpha value is -0.830. The molecule has 1 heterocycles. The van der Waals surface area contributed by atoms with E-state index in [-0.39, 0.29) is 6.04 Å². The predicted molar refractivity (Wildman–Crippen MR) is 54.4 cm³/mol. The van der Waals surface area contributed by atoms with Crippen molar-refractivity contribution in [3.05, 3.63) is 17.5 Å². The lowest BCUT2D eigenvalue weighted by atomic mass is 10.1. The Bertz CT molecular complexity index is 265. The second-order valence-corrected chi connectivity index (χ2v) is 3.58. The number of unbranched alkanes of at least 4 members (excludes halogenated alkanes) is 1. The molecule has 0 aliphatic heterocycles. The normalized spacial score (nSPS) is 13.2. The van der Waals surface area contributed by atoms with Gasteiger partial charge in [0.15, 0.2) is 0 Å². The van der Waals surface area contributed by atoms with Crippen molar-refractivity contribution >= 4 is 0 Å². The highest BCUT2D eigenvalue weighted by Gasteiger charge is 2.10. The molecule has 0 aromatic carbocycles. The molecule has 1 rings (SSSR count). The maximum absolute atomic E-state index is 6.03. The van der Waals surface area contributed by atoms with Crippen molar-refractivity contribution in [3.8, 4) is 0 Å². The zero-order chi connectivity index (χ0) is 9.84. The molecule has 0 fully saturated rings. The van der Waals surface area contributed by atoms with Crippen molar-refractivity contribution in [1.29, 1.82) is 0 Å². The minimum atomic E-state index is 0.145. The fourth-order valence-corrected chi connectivity index (χ4v) is 1.55. The molecule has 0 radical (unpaired) electrons. The van der Waals surface area contributed by atoms with Gasteiger partial charge in [0.1, 0.15) is 0 Å². The van der Waals surface area contributed by atoms with Crippen LogP contribution in [-0.2, 0) is 7.05 Å². The molecule has 0 aliphatic carbocycles. The van der Waals surface area contributed by atoms with Gasteiger partial charge in [0.25, 0.3) is 0 Å². The van der Waals surface area contributed by atoms with Crippen molar-refractivity contribution in [3.63, 3.8) is 0 Å². The molecule has 0 amide bonds. The van der Waals surface area contributed by atoms with Crippen molar-refractivity contribution in [2.75, 3.05) is 0 Å². The summed E-state index contributed by atoms with van der Waals surface area (Å²) >= 11 is 0. The first-order chi connectivity index (χ1) is 6.15. The maximum Gasteiger partial charge on any atom is 0.0597 e. The van der Waals surface area contributed by atoms with E-state index in [1.54, 1.807) is 0 Å². The first-order valence-electron chi connectivity index (χ1n) is 4.91. The molecular formula is C10H19N3. The molecule has 74 valence electrons. The van der Waals surface area contributed by atoms with Gasteiger partial charge in [0.05, 0.1) is 11.4 Å². The van der Waals surface area contributed by atoms with Gasteiger partial charge < -0.3 is 5.73 Å². The summed E-state index contributed by atoms with van der Waals surface area (Å²) in [5.74, 6) is 0. The molecule has 1 aromatic rings. The third-order valence-electron chi connectivity index (χ3n) is 2.29. The smallest absolute Gasteiger partial charge is 0.0597 e. The summed E-state index contributed by atoms with van der Waals surface area (Å²) in [4.78, 5) is 0. The van der Waals surface area contributed by atoms with E-state index in [0.717, 1.165) is 17.8 Å². The van der Waals surface area contributed by atoms with Crippen LogP contribution in [0.15, 0.2) is 6.07 Å². The van der Waals surface area contributed by atoms with Gasteiger partial charge >= 0.3 is 0 Å². The summed E-state index contributed by atoms with van der Waals surface area (Å²) in [6.07, 6.45) is 3.44. The van der Waals surface area contributed by atoms with E-state index in [0.29, 0.717) is 0 Å². The number of rotatable bonds is 4. The summed E-state index contributed by atoms with van der Waals surface area (Å²) in [5.41, 5.74) is 8.22. The fraction of sp³-hybridized carbons (Fsp3) is 0.700. The van der Waals surface area contributed by atoms with Crippen LogP contribution in [0.3, 0.4) is 0 Å². The Morgan fingerprint density at radius 1 is 1.62 bits per heavy atom. The molecule has 1 unspecified atom stereocenters. The van der Waals surface area contributed by atoms with E-state index in [1.165, 1.54) is 12.8 Å². The molecule has 3 heteroatoms. The second kappa shape index (κ2) is 4.42. The summed E-state index contributed by atoms with van der Waals surface area (Å²) in [7, 11) is 1.95. The van der Waals surface area contributed by atoms with Crippen LogP contribution in [0.5, 0.6) is 0 Å². The van der Waals surface area contributed by atoms with Crippen molar-refractivity contribution in [2.24, 2.45) is 12.8 Å². The lowest BCUT2D eigenvalue weighted by Crippen LogP contribution is -2.14. The van der Waals surface area contributed by atoms with E-state index < -0.39 is 0 Å². The molecule has 13 heavy (non-hydrogen) atoms. The standard InChI is InChI=1S/C10H19N3/c1-4-5-6-9(11)10-7-8(2)12-13(10)3/h7,9H,4-6,11H2,1-3H3. The highest BCUT2D eigenvalue weighted by molar-refractivity contribution is 5.12. The van der Waals surface area contributed by atoms with E-state index in [1.807, 2.05) is 18.7 Å². The predicted octanol–water partition coefficient (Wildman–Crippen LogP) is 1.92. The molecule has 0 spiro atoms. The molecule has 1 atom stereocenters. The van der Waals surface area contributed by atoms with Gasteiger partial charge in [-0.25, -0.2) is 0 Å². The molecule has 3 nitrogen and oxygen atoms in total. The Morgan fingerprint density at radius 2 is 2.31 bits per heavy atom. The summed E-state index contributed by atoms with van der Waals surface area (Å²) in [6.45, 7) is 4.18. The van der Waals surface area contributed by atoms with Crippen LogP contribution in [0.25, 0.3) is 0 Å². The fourth-order valence-electron chi connectivity index (χ4n) is 1.55. The highest BCUT2D eigenvalue weighted by atomic mass is 15.3. The zero-order valence-electron chi connectivity index (χ0n) is 8.75. The third-order valence-corrected chi connectivity index (χ3v) is 2.29. The minimum absolute atomic E-state index is 0.145. The minimum Gasteiger partial charge on any atom is -0.323 e. The van der Waals surface area contributed by atoms with Crippen LogP contribution in [0.4, 0.5) is 0 Å². The van der Waals surface area contributed by atoms with Gasteiger partial charge in [-0.1, -0.05) is 19.8 Å². The van der Waals surface area contributed by atoms with E-state index >= 15 is 0 Å². The molecule has 0 saturated heterocycles. The van der Waals surface area contributed by atoms with Crippen molar-refractivity contribution in [2.45, 2.75) is 39.2 Å². The first-order valence-corrected chi connectivity index (χ1v) is 4.91. The van der Waals surface area contributed by atoms with Crippen LogP contribution < -0.4 is 5.73 Å². The third kappa shape index (κ3) is 2.56. The van der Waals surface area contributed by atoms with Crippen LogP contribution in [0, 0.1) is 6.92 Å². The van der Waals surface area contributed by atoms with Gasteiger partial charge in [0, 0.05) is 13.1 Å². The second-order valence-electron chi connectivity index (χ2n) is 3.58. The number of hydrogen-bond donors (Lipinski definition) is 1. The topological polar surface area (TPSA) is 43.8 Å². The monoisotopic (exact) mass is 181 g/mol. The highest BCUT2D eigenvalue weighted by Crippen LogP contribution is 2.16.